The normalized spacial score (nSPS) is 20.6. The van der Waals surface area contributed by atoms with Crippen LogP contribution in [0.1, 0.15) is 85.2 Å². The lowest BCUT2D eigenvalue weighted by Crippen LogP contribution is -2.49. The molecule has 2 aromatic carbocycles. The highest BCUT2D eigenvalue weighted by Gasteiger charge is 2.45. The van der Waals surface area contributed by atoms with Crippen LogP contribution in [0, 0.1) is 0 Å². The predicted octanol–water partition coefficient (Wildman–Crippen LogP) is 5.48. The summed E-state index contributed by atoms with van der Waals surface area (Å²) in [5, 5.41) is 41.8. The quantitative estimate of drug-likeness (QED) is 0.339. The number of carbonyl (C=O) groups excluding carboxylic acids is 1. The number of fused-ring (bicyclic) bond motifs is 3. The maximum Gasteiger partial charge on any atom is 0.337 e. The molecule has 0 radical (unpaired) electrons. The average Bonchev–Trinajstić information content (AvgIpc) is 3.16. The number of amides is 1. The molecule has 38 heavy (non-hydrogen) atoms. The summed E-state index contributed by atoms with van der Waals surface area (Å²) in [6, 6.07) is 5.37. The van der Waals surface area contributed by atoms with Crippen molar-refractivity contribution in [2.24, 2.45) is 0 Å². The van der Waals surface area contributed by atoms with Gasteiger partial charge in [-0.25, -0.2) is 4.79 Å². The molecule has 4 N–H and O–H groups in total. The van der Waals surface area contributed by atoms with Crippen LogP contribution in [0.2, 0.25) is 0 Å². The van der Waals surface area contributed by atoms with E-state index in [4.69, 9.17) is 4.74 Å². The van der Waals surface area contributed by atoms with Gasteiger partial charge in [-0.05, 0) is 71.6 Å². The Kier molecular flexibility index (Phi) is 7.56. The standard InChI is InChI=1S/C30H35NO7/c1-17(2)8-5-9-18(3)10-7-13-30(4)25(34)15-21-24(33)14-20-22(27(21)38-30)16-31(28(20)35)26-19(29(36)37)11-6-12-23(26)32/h6,8,10-12,14,25,32-34H,5,7,9,13,15-16H2,1-4H3,(H,36,37)/t25-,30-/m0/s1. The van der Waals surface area contributed by atoms with Gasteiger partial charge in [0, 0.05) is 17.5 Å². The number of ether oxygens (including phenoxy) is 1. The molecule has 8 heteroatoms. The molecule has 202 valence electrons. The lowest BCUT2D eigenvalue weighted by molar-refractivity contribution is -0.0597. The number of anilines is 1. The van der Waals surface area contributed by atoms with Crippen molar-refractivity contribution in [1.82, 2.24) is 0 Å². The zero-order valence-corrected chi connectivity index (χ0v) is 22.2. The van der Waals surface area contributed by atoms with E-state index in [0.717, 1.165) is 12.8 Å². The van der Waals surface area contributed by atoms with Crippen molar-refractivity contribution in [3.05, 3.63) is 69.8 Å². The Labute approximate surface area is 222 Å². The molecule has 2 aliphatic heterocycles. The summed E-state index contributed by atoms with van der Waals surface area (Å²) in [6.07, 6.45) is 6.79. The maximum atomic E-state index is 13.4. The number of benzene rings is 2. The van der Waals surface area contributed by atoms with Crippen molar-refractivity contribution in [3.63, 3.8) is 0 Å². The summed E-state index contributed by atoms with van der Waals surface area (Å²) in [5.74, 6) is -1.99. The fraction of sp³-hybridized carbons (Fsp3) is 0.400. The van der Waals surface area contributed by atoms with Gasteiger partial charge >= 0.3 is 5.97 Å². The SMILES string of the molecule is CC(C)=CCCC(C)=CCC[C@]1(C)Oc2c(c(O)cc3c2CN(c2c(O)cccc2C(=O)O)C3=O)C[C@@H]1O. The Balaban J connectivity index is 1.62. The van der Waals surface area contributed by atoms with E-state index in [1.807, 2.05) is 6.92 Å². The van der Waals surface area contributed by atoms with E-state index < -0.39 is 23.6 Å². The highest BCUT2D eigenvalue weighted by Crippen LogP contribution is 2.48. The molecule has 2 aliphatic rings. The summed E-state index contributed by atoms with van der Waals surface area (Å²) in [7, 11) is 0. The first kappa shape index (κ1) is 27.3. The van der Waals surface area contributed by atoms with E-state index in [2.05, 4.69) is 32.9 Å². The molecule has 0 fully saturated rings. The minimum atomic E-state index is -1.28. The first-order chi connectivity index (χ1) is 17.9. The number of nitrogens with zero attached hydrogens (tertiary/aromatic N) is 1. The molecule has 0 saturated carbocycles. The van der Waals surface area contributed by atoms with Crippen LogP contribution >= 0.6 is 0 Å². The molecule has 0 bridgehead atoms. The van der Waals surface area contributed by atoms with E-state index in [1.165, 1.54) is 40.3 Å². The Morgan fingerprint density at radius 3 is 2.55 bits per heavy atom. The van der Waals surface area contributed by atoms with E-state index in [9.17, 15) is 30.0 Å². The number of hydrogen-bond acceptors (Lipinski definition) is 6. The average molecular weight is 522 g/mol. The second kappa shape index (κ2) is 10.5. The predicted molar refractivity (Wildman–Crippen MR) is 144 cm³/mol. The summed E-state index contributed by atoms with van der Waals surface area (Å²) >= 11 is 0. The van der Waals surface area contributed by atoms with E-state index in [-0.39, 0.29) is 41.3 Å². The van der Waals surface area contributed by atoms with Crippen molar-refractivity contribution >= 4 is 17.6 Å². The van der Waals surface area contributed by atoms with Gasteiger partial charge < -0.3 is 25.2 Å². The first-order valence-corrected chi connectivity index (χ1v) is 12.8. The number of aromatic hydroxyl groups is 2. The van der Waals surface area contributed by atoms with Crippen molar-refractivity contribution < 1.29 is 34.8 Å². The van der Waals surface area contributed by atoms with Crippen molar-refractivity contribution in [2.45, 2.75) is 78.0 Å². The fourth-order valence-corrected chi connectivity index (χ4v) is 5.17. The maximum absolute atomic E-state index is 13.4. The lowest BCUT2D eigenvalue weighted by atomic mass is 9.84. The Morgan fingerprint density at radius 1 is 1.13 bits per heavy atom. The van der Waals surface area contributed by atoms with Gasteiger partial charge in [0.2, 0.25) is 0 Å². The summed E-state index contributed by atoms with van der Waals surface area (Å²) in [6.45, 7) is 8.03. The summed E-state index contributed by atoms with van der Waals surface area (Å²) in [5.41, 5.74) is 2.35. The highest BCUT2D eigenvalue weighted by atomic mass is 16.5. The van der Waals surface area contributed by atoms with Crippen LogP contribution in [-0.4, -0.2) is 44.0 Å². The highest BCUT2D eigenvalue weighted by molar-refractivity contribution is 6.14. The Bertz CT molecular complexity index is 1340. The number of aromatic carboxylic acids is 1. The van der Waals surface area contributed by atoms with Gasteiger partial charge in [0.1, 0.15) is 28.5 Å². The van der Waals surface area contributed by atoms with Gasteiger partial charge in [0.15, 0.2) is 0 Å². The smallest absolute Gasteiger partial charge is 0.337 e. The minimum Gasteiger partial charge on any atom is -0.508 e. The fourth-order valence-electron chi connectivity index (χ4n) is 5.17. The van der Waals surface area contributed by atoms with Gasteiger partial charge in [-0.15, -0.1) is 0 Å². The molecular formula is C30H35NO7. The molecule has 8 nitrogen and oxygen atoms in total. The summed E-state index contributed by atoms with van der Waals surface area (Å²) in [4.78, 5) is 26.4. The van der Waals surface area contributed by atoms with E-state index in [1.54, 1.807) is 0 Å². The first-order valence-electron chi connectivity index (χ1n) is 12.8. The third-order valence-electron chi connectivity index (χ3n) is 7.43. The van der Waals surface area contributed by atoms with Crippen LogP contribution in [0.4, 0.5) is 5.69 Å². The van der Waals surface area contributed by atoms with Gasteiger partial charge in [0.05, 0.1) is 23.8 Å². The number of para-hydroxylation sites is 1. The summed E-state index contributed by atoms with van der Waals surface area (Å²) < 4.78 is 6.38. The number of rotatable bonds is 8. The number of carboxylic acid groups (broad SMARTS) is 1. The molecule has 1 amide bonds. The minimum absolute atomic E-state index is 0.0375. The van der Waals surface area contributed by atoms with Crippen molar-refractivity contribution in [1.29, 1.82) is 0 Å². The second-order valence-corrected chi connectivity index (χ2v) is 10.6. The van der Waals surface area contributed by atoms with Crippen LogP contribution in [0.5, 0.6) is 17.2 Å². The van der Waals surface area contributed by atoms with Crippen LogP contribution in [0.25, 0.3) is 0 Å². The van der Waals surface area contributed by atoms with Crippen LogP contribution in [-0.2, 0) is 13.0 Å². The van der Waals surface area contributed by atoms with Crippen LogP contribution < -0.4 is 9.64 Å². The van der Waals surface area contributed by atoms with Crippen LogP contribution in [0.15, 0.2) is 47.6 Å². The lowest BCUT2D eigenvalue weighted by Gasteiger charge is -2.40. The van der Waals surface area contributed by atoms with E-state index >= 15 is 0 Å². The van der Waals surface area contributed by atoms with Gasteiger partial charge in [-0.2, -0.15) is 0 Å². The van der Waals surface area contributed by atoms with Gasteiger partial charge in [0.25, 0.3) is 5.91 Å². The molecule has 0 aromatic heterocycles. The van der Waals surface area contributed by atoms with Gasteiger partial charge in [-0.1, -0.05) is 29.4 Å². The molecule has 0 saturated heterocycles. The van der Waals surface area contributed by atoms with Gasteiger partial charge in [-0.3, -0.25) is 9.69 Å². The monoisotopic (exact) mass is 521 g/mol. The number of aliphatic hydroxyl groups excluding tert-OH is 1. The molecule has 2 heterocycles. The topological polar surface area (TPSA) is 128 Å². The molecular weight excluding hydrogens is 486 g/mol. The largest absolute Gasteiger partial charge is 0.508 e. The number of aliphatic hydroxyl groups is 1. The van der Waals surface area contributed by atoms with Crippen molar-refractivity contribution in [3.8, 4) is 17.2 Å². The number of carboxylic acids is 1. The molecule has 2 aromatic rings. The van der Waals surface area contributed by atoms with Crippen molar-refractivity contribution in [2.75, 3.05) is 4.90 Å². The third-order valence-corrected chi connectivity index (χ3v) is 7.43. The Hall–Kier alpha value is -3.78. The zero-order chi connectivity index (χ0) is 27.8. The number of phenols is 2. The number of allylic oxidation sites excluding steroid dienone is 4. The second-order valence-electron chi connectivity index (χ2n) is 10.6. The van der Waals surface area contributed by atoms with Crippen LogP contribution in [0.3, 0.4) is 0 Å². The molecule has 0 unspecified atom stereocenters. The number of hydrogen-bond donors (Lipinski definition) is 4. The molecule has 0 spiro atoms. The van der Waals surface area contributed by atoms with E-state index in [0.29, 0.717) is 29.7 Å². The number of carbonyl (C=O) groups is 2. The molecule has 4 rings (SSSR count). The molecule has 0 aliphatic carbocycles. The Morgan fingerprint density at radius 2 is 1.87 bits per heavy atom. The third kappa shape index (κ3) is 5.13. The number of phenolic OH excluding ortho intramolecular Hbond substituents is 2. The zero-order valence-electron chi connectivity index (χ0n) is 22.2. The molecule has 2 atom stereocenters.